The molecule has 2 saturated carbocycles. The molecular formula is C26H25N3O6. The highest BCUT2D eigenvalue weighted by Gasteiger charge is 2.63. The summed E-state index contributed by atoms with van der Waals surface area (Å²) in [6.07, 6.45) is 2.78. The van der Waals surface area contributed by atoms with E-state index in [1.165, 1.54) is 24.3 Å². The zero-order chi connectivity index (χ0) is 24.9. The van der Waals surface area contributed by atoms with Crippen LogP contribution in [0.1, 0.15) is 53.3 Å². The Morgan fingerprint density at radius 2 is 1.54 bits per heavy atom. The van der Waals surface area contributed by atoms with Crippen molar-refractivity contribution >= 4 is 29.2 Å². The number of nitro benzene ring substituents is 1. The number of Topliss-reactive ketones (excluding diaryl/α,β-unsaturated/α-hetero) is 1. The highest BCUT2D eigenvalue weighted by atomic mass is 16.6. The summed E-state index contributed by atoms with van der Waals surface area (Å²) in [4.78, 5) is 65.0. The van der Waals surface area contributed by atoms with Crippen molar-refractivity contribution in [1.29, 1.82) is 0 Å². The molecule has 0 aromatic heterocycles. The fourth-order valence-electron chi connectivity index (χ4n) is 6.10. The van der Waals surface area contributed by atoms with E-state index in [9.17, 15) is 29.3 Å². The molecule has 1 aliphatic heterocycles. The van der Waals surface area contributed by atoms with Crippen LogP contribution in [0.4, 0.5) is 5.69 Å². The van der Waals surface area contributed by atoms with Crippen molar-refractivity contribution in [2.45, 2.75) is 38.6 Å². The zero-order valence-electron chi connectivity index (χ0n) is 19.2. The molecule has 0 radical (unpaired) electrons. The quantitative estimate of drug-likeness (QED) is 0.261. The predicted molar refractivity (Wildman–Crippen MR) is 124 cm³/mol. The van der Waals surface area contributed by atoms with Gasteiger partial charge in [-0.1, -0.05) is 37.3 Å². The third-order valence-electron chi connectivity index (χ3n) is 7.70. The van der Waals surface area contributed by atoms with Gasteiger partial charge in [-0.3, -0.25) is 29.3 Å². The summed E-state index contributed by atoms with van der Waals surface area (Å²) in [6.45, 7) is 1.72. The summed E-state index contributed by atoms with van der Waals surface area (Å²) in [5.41, 5.74) is 0.218. The minimum atomic E-state index is -1.09. The fourth-order valence-corrected chi connectivity index (χ4v) is 6.10. The number of carbonyl (C=O) groups excluding carboxylic acids is 4. The number of amides is 3. The first-order valence-corrected chi connectivity index (χ1v) is 11.9. The zero-order valence-corrected chi connectivity index (χ0v) is 19.2. The van der Waals surface area contributed by atoms with E-state index in [1.807, 2.05) is 0 Å². The molecule has 5 atom stereocenters. The van der Waals surface area contributed by atoms with Crippen molar-refractivity contribution in [2.24, 2.45) is 23.7 Å². The molecule has 180 valence electrons. The van der Waals surface area contributed by atoms with Crippen molar-refractivity contribution in [3.8, 4) is 0 Å². The lowest BCUT2D eigenvalue weighted by Gasteiger charge is -2.36. The van der Waals surface area contributed by atoms with E-state index in [4.69, 9.17) is 0 Å². The van der Waals surface area contributed by atoms with Crippen LogP contribution >= 0.6 is 0 Å². The van der Waals surface area contributed by atoms with Gasteiger partial charge < -0.3 is 0 Å². The number of ketones is 1. The van der Waals surface area contributed by atoms with Gasteiger partial charge in [0.05, 0.1) is 16.8 Å². The van der Waals surface area contributed by atoms with Crippen LogP contribution in [-0.4, -0.2) is 44.5 Å². The van der Waals surface area contributed by atoms with E-state index >= 15 is 0 Å². The molecule has 3 fully saturated rings. The van der Waals surface area contributed by atoms with Gasteiger partial charge in [0.2, 0.25) is 0 Å². The summed E-state index contributed by atoms with van der Waals surface area (Å²) >= 11 is 0. The molecule has 2 aliphatic carbocycles. The van der Waals surface area contributed by atoms with E-state index in [0.717, 1.165) is 29.3 Å². The number of rotatable bonds is 7. The second kappa shape index (κ2) is 8.72. The smallest absolute Gasteiger partial charge is 0.273 e. The van der Waals surface area contributed by atoms with Gasteiger partial charge in [0, 0.05) is 23.3 Å². The van der Waals surface area contributed by atoms with Crippen LogP contribution in [0.2, 0.25) is 0 Å². The molecule has 2 aromatic carbocycles. The molecule has 0 N–H and O–H groups in total. The molecular weight excluding hydrogens is 450 g/mol. The lowest BCUT2D eigenvalue weighted by Crippen LogP contribution is -2.57. The number of nitrogens with zero attached hydrogens (tertiary/aromatic N) is 3. The Labute approximate surface area is 201 Å². The number of fused-ring (bicyclic) bond motifs is 5. The molecule has 0 unspecified atom stereocenters. The topological polar surface area (TPSA) is 118 Å². The Morgan fingerprint density at radius 1 is 0.971 bits per heavy atom. The van der Waals surface area contributed by atoms with Crippen LogP contribution in [0.5, 0.6) is 0 Å². The lowest BCUT2D eigenvalue weighted by molar-refractivity contribution is -0.384. The molecule has 9 heteroatoms. The van der Waals surface area contributed by atoms with Gasteiger partial charge in [0.1, 0.15) is 6.04 Å². The van der Waals surface area contributed by atoms with E-state index in [1.54, 1.807) is 37.3 Å². The van der Waals surface area contributed by atoms with Crippen LogP contribution < -0.4 is 0 Å². The minimum absolute atomic E-state index is 0.0514. The summed E-state index contributed by atoms with van der Waals surface area (Å²) in [6, 6.07) is 12.3. The van der Waals surface area contributed by atoms with Crippen LogP contribution in [0, 0.1) is 33.8 Å². The Hall–Kier alpha value is -3.88. The molecule has 1 heterocycles. The van der Waals surface area contributed by atoms with Crippen molar-refractivity contribution in [2.75, 3.05) is 0 Å². The van der Waals surface area contributed by atoms with Gasteiger partial charge in [-0.15, -0.1) is 0 Å². The monoisotopic (exact) mass is 475 g/mol. The van der Waals surface area contributed by atoms with E-state index < -0.39 is 40.5 Å². The third-order valence-corrected chi connectivity index (χ3v) is 7.70. The predicted octanol–water partition coefficient (Wildman–Crippen LogP) is 3.64. The Morgan fingerprint density at radius 3 is 2.06 bits per heavy atom. The maximum Gasteiger partial charge on any atom is 0.273 e. The van der Waals surface area contributed by atoms with Crippen LogP contribution in [-0.2, 0) is 9.59 Å². The third kappa shape index (κ3) is 3.62. The molecule has 9 nitrogen and oxygen atoms in total. The van der Waals surface area contributed by atoms with Gasteiger partial charge in [-0.2, -0.15) is 5.01 Å². The van der Waals surface area contributed by atoms with E-state index in [2.05, 4.69) is 0 Å². The SMILES string of the molecule is CC[C@H](C(=O)c1ccccc1)N(C(=O)c1ccc([N+](=O)[O-])cc1)N1C(=O)[C@H]2[C@H]3CC[C@@H](C3)[C@@H]2C1=O. The first-order valence-electron chi connectivity index (χ1n) is 11.9. The average Bonchev–Trinajstić information content (AvgIpc) is 3.56. The summed E-state index contributed by atoms with van der Waals surface area (Å²) in [5, 5.41) is 13.0. The summed E-state index contributed by atoms with van der Waals surface area (Å²) in [7, 11) is 0. The van der Waals surface area contributed by atoms with Crippen molar-refractivity contribution in [1.82, 2.24) is 10.0 Å². The molecule has 5 rings (SSSR count). The fraction of sp³-hybridized carbons (Fsp3) is 0.385. The molecule has 3 amide bonds. The summed E-state index contributed by atoms with van der Waals surface area (Å²) in [5.74, 6) is -2.64. The molecule has 3 aliphatic rings. The number of hydrogen-bond donors (Lipinski definition) is 0. The number of hydrazine groups is 1. The number of carbonyl (C=O) groups is 4. The summed E-state index contributed by atoms with van der Waals surface area (Å²) < 4.78 is 0. The van der Waals surface area contributed by atoms with Gasteiger partial charge in [-0.05, 0) is 49.7 Å². The van der Waals surface area contributed by atoms with Gasteiger partial charge in [-0.25, -0.2) is 5.01 Å². The second-order valence-corrected chi connectivity index (χ2v) is 9.48. The average molecular weight is 476 g/mol. The van der Waals surface area contributed by atoms with E-state index in [0.29, 0.717) is 5.56 Å². The van der Waals surface area contributed by atoms with Crippen molar-refractivity contribution in [3.63, 3.8) is 0 Å². The van der Waals surface area contributed by atoms with E-state index in [-0.39, 0.29) is 35.3 Å². The number of imide groups is 1. The Kier molecular flexibility index (Phi) is 5.70. The van der Waals surface area contributed by atoms with Gasteiger partial charge in [0.15, 0.2) is 5.78 Å². The first-order chi connectivity index (χ1) is 16.8. The number of non-ortho nitro benzene ring substituents is 1. The molecule has 2 aromatic rings. The Balaban J connectivity index is 1.57. The largest absolute Gasteiger partial charge is 0.292 e. The first kappa shape index (κ1) is 22.9. The van der Waals surface area contributed by atoms with Crippen molar-refractivity contribution in [3.05, 3.63) is 75.8 Å². The minimum Gasteiger partial charge on any atom is -0.292 e. The highest BCUT2D eigenvalue weighted by molar-refractivity contribution is 6.11. The molecule has 1 saturated heterocycles. The van der Waals surface area contributed by atoms with Gasteiger partial charge >= 0.3 is 0 Å². The van der Waals surface area contributed by atoms with Crippen LogP contribution in [0.25, 0.3) is 0 Å². The molecule has 2 bridgehead atoms. The second-order valence-electron chi connectivity index (χ2n) is 9.48. The normalized spacial score (nSPS) is 25.5. The highest BCUT2D eigenvalue weighted by Crippen LogP contribution is 2.56. The maximum atomic E-state index is 13.8. The Bertz CT molecular complexity index is 1180. The number of benzene rings is 2. The van der Waals surface area contributed by atoms with Crippen LogP contribution in [0.15, 0.2) is 54.6 Å². The molecule has 35 heavy (non-hydrogen) atoms. The lowest BCUT2D eigenvalue weighted by atomic mass is 9.81. The van der Waals surface area contributed by atoms with Crippen molar-refractivity contribution < 1.29 is 24.1 Å². The number of hydrogen-bond acceptors (Lipinski definition) is 6. The van der Waals surface area contributed by atoms with Gasteiger partial charge in [0.25, 0.3) is 23.4 Å². The molecule has 0 spiro atoms. The number of nitro groups is 1. The maximum absolute atomic E-state index is 13.8. The van der Waals surface area contributed by atoms with Crippen LogP contribution in [0.3, 0.4) is 0 Å². The standard InChI is InChI=1S/C26H25N3O6/c1-2-20(23(30)15-6-4-3-5-7-15)27(24(31)16-10-12-19(13-11-16)29(34)35)28-25(32)21-17-8-9-18(14-17)22(21)26(28)33/h3-7,10-13,17-18,20-22H,2,8-9,14H2,1H3/t17-,18-,20+,21-,22-/m0/s1.